The van der Waals surface area contributed by atoms with Gasteiger partial charge < -0.3 is 10.7 Å². The molecule has 0 amide bonds. The molecule has 0 saturated carbocycles. The smallest absolute Gasteiger partial charge is 0.198 e. The Balaban J connectivity index is 2.22. The highest BCUT2D eigenvalue weighted by atomic mass is 31.0. The van der Waals surface area contributed by atoms with E-state index in [2.05, 4.69) is 30.8 Å². The second kappa shape index (κ2) is 5.61. The molecular weight excluding hydrogens is 243 g/mol. The summed E-state index contributed by atoms with van der Waals surface area (Å²) in [4.78, 5) is 11.1. The number of nitrogens with zero attached hydrogens (tertiary/aromatic N) is 2. The standard InChI is InChI=1S/C13H15N4P/c1-2-15-6-4-3-5-9-7-10-11(8-12(9)18)17-13(14)16-10/h2-4,6-8H,1,5,18H2,(H3,14,16,17)/b4-3-,15-6-. The van der Waals surface area contributed by atoms with Crippen LogP contribution in [0.4, 0.5) is 5.95 Å². The van der Waals surface area contributed by atoms with Gasteiger partial charge in [-0.25, -0.2) is 4.98 Å². The number of imidazole rings is 1. The number of hydrogen-bond acceptors (Lipinski definition) is 3. The van der Waals surface area contributed by atoms with E-state index in [4.69, 9.17) is 5.73 Å². The minimum absolute atomic E-state index is 0.445. The maximum atomic E-state index is 5.63. The predicted octanol–water partition coefficient (Wildman–Crippen LogP) is 1.96. The number of rotatable bonds is 4. The number of aromatic amines is 1. The van der Waals surface area contributed by atoms with Crippen LogP contribution in [0.15, 0.2) is 42.1 Å². The van der Waals surface area contributed by atoms with Gasteiger partial charge in [0.2, 0.25) is 0 Å². The quantitative estimate of drug-likeness (QED) is 0.650. The molecule has 5 heteroatoms. The Morgan fingerprint density at radius 3 is 3.11 bits per heavy atom. The molecule has 0 saturated heterocycles. The number of anilines is 1. The van der Waals surface area contributed by atoms with Gasteiger partial charge >= 0.3 is 0 Å². The second-order valence-corrected chi connectivity index (χ2v) is 4.43. The number of H-pyrrole nitrogens is 1. The SMILES string of the molecule is C=C/N=C\C=C/Cc1cc2nc(N)[nH]c2cc1P. The summed E-state index contributed by atoms with van der Waals surface area (Å²) in [6.45, 7) is 3.51. The third kappa shape index (κ3) is 2.84. The number of aromatic nitrogens is 2. The van der Waals surface area contributed by atoms with E-state index in [0.717, 1.165) is 22.8 Å². The van der Waals surface area contributed by atoms with Crippen molar-refractivity contribution in [2.45, 2.75) is 6.42 Å². The largest absolute Gasteiger partial charge is 0.369 e. The molecule has 0 spiro atoms. The van der Waals surface area contributed by atoms with E-state index in [1.807, 2.05) is 24.3 Å². The van der Waals surface area contributed by atoms with Crippen LogP contribution in [0.5, 0.6) is 0 Å². The van der Waals surface area contributed by atoms with Crippen molar-refractivity contribution in [3.63, 3.8) is 0 Å². The Morgan fingerprint density at radius 2 is 2.33 bits per heavy atom. The van der Waals surface area contributed by atoms with Crippen molar-refractivity contribution in [2.24, 2.45) is 4.99 Å². The normalized spacial score (nSPS) is 11.8. The van der Waals surface area contributed by atoms with Gasteiger partial charge in [0, 0.05) is 12.4 Å². The maximum Gasteiger partial charge on any atom is 0.198 e. The van der Waals surface area contributed by atoms with Crippen molar-refractivity contribution in [3.8, 4) is 0 Å². The predicted molar refractivity (Wildman–Crippen MR) is 81.4 cm³/mol. The zero-order valence-electron chi connectivity index (χ0n) is 9.93. The Labute approximate surface area is 108 Å². The molecule has 1 aromatic heterocycles. The number of fused-ring (bicyclic) bond motifs is 1. The van der Waals surface area contributed by atoms with Gasteiger partial charge in [-0.05, 0) is 35.5 Å². The zero-order chi connectivity index (χ0) is 13.0. The van der Waals surface area contributed by atoms with Gasteiger partial charge in [-0.2, -0.15) is 0 Å². The average molecular weight is 258 g/mol. The fourth-order valence-electron chi connectivity index (χ4n) is 1.68. The van der Waals surface area contributed by atoms with Gasteiger partial charge in [0.1, 0.15) is 0 Å². The third-order valence-corrected chi connectivity index (χ3v) is 3.05. The molecule has 2 aromatic rings. The van der Waals surface area contributed by atoms with E-state index >= 15 is 0 Å². The Kier molecular flexibility index (Phi) is 3.90. The first-order chi connectivity index (χ1) is 8.70. The molecule has 1 heterocycles. The van der Waals surface area contributed by atoms with Gasteiger partial charge in [0.05, 0.1) is 11.0 Å². The fourth-order valence-corrected chi connectivity index (χ4v) is 2.05. The summed E-state index contributed by atoms with van der Waals surface area (Å²) in [6.07, 6.45) is 7.97. The zero-order valence-corrected chi connectivity index (χ0v) is 11.1. The summed E-state index contributed by atoms with van der Waals surface area (Å²) in [5.41, 5.74) is 8.68. The van der Waals surface area contributed by atoms with E-state index in [9.17, 15) is 0 Å². The van der Waals surface area contributed by atoms with Gasteiger partial charge in [0.15, 0.2) is 5.95 Å². The minimum Gasteiger partial charge on any atom is -0.369 e. The molecule has 18 heavy (non-hydrogen) atoms. The number of nitrogens with one attached hydrogen (secondary N) is 1. The molecule has 1 atom stereocenters. The third-order valence-electron chi connectivity index (χ3n) is 2.51. The number of allylic oxidation sites excluding steroid dienone is 2. The van der Waals surface area contributed by atoms with Crippen molar-refractivity contribution in [1.29, 1.82) is 0 Å². The van der Waals surface area contributed by atoms with Crippen LogP contribution in [0.2, 0.25) is 0 Å². The van der Waals surface area contributed by atoms with Gasteiger partial charge in [-0.15, -0.1) is 9.24 Å². The fraction of sp³-hybridized carbons (Fsp3) is 0.0769. The van der Waals surface area contributed by atoms with Crippen LogP contribution in [0.3, 0.4) is 0 Å². The van der Waals surface area contributed by atoms with E-state index in [1.54, 1.807) is 6.21 Å². The summed E-state index contributed by atoms with van der Waals surface area (Å²) < 4.78 is 0. The van der Waals surface area contributed by atoms with Crippen LogP contribution in [0.25, 0.3) is 11.0 Å². The average Bonchev–Trinajstić information content (AvgIpc) is 2.68. The minimum atomic E-state index is 0.445. The van der Waals surface area contributed by atoms with Gasteiger partial charge in [-0.3, -0.25) is 4.99 Å². The van der Waals surface area contributed by atoms with E-state index < -0.39 is 0 Å². The molecule has 92 valence electrons. The van der Waals surface area contributed by atoms with Crippen LogP contribution < -0.4 is 11.0 Å². The molecule has 0 bridgehead atoms. The summed E-state index contributed by atoms with van der Waals surface area (Å²) >= 11 is 0. The van der Waals surface area contributed by atoms with Crippen LogP contribution in [0, 0.1) is 0 Å². The molecule has 0 aliphatic heterocycles. The molecule has 0 radical (unpaired) electrons. The Bertz CT molecular complexity index is 625. The number of hydrogen-bond donors (Lipinski definition) is 2. The lowest BCUT2D eigenvalue weighted by atomic mass is 10.1. The van der Waals surface area contributed by atoms with Crippen molar-refractivity contribution < 1.29 is 0 Å². The molecular formula is C13H15N4P. The first kappa shape index (κ1) is 12.5. The first-order valence-corrected chi connectivity index (χ1v) is 6.11. The monoisotopic (exact) mass is 258 g/mol. The molecule has 3 N–H and O–H groups in total. The maximum absolute atomic E-state index is 5.63. The first-order valence-electron chi connectivity index (χ1n) is 5.53. The van der Waals surface area contributed by atoms with E-state index in [0.29, 0.717) is 5.95 Å². The Hall–Kier alpha value is -1.93. The second-order valence-electron chi connectivity index (χ2n) is 3.80. The highest BCUT2D eigenvalue weighted by Crippen LogP contribution is 2.15. The lowest BCUT2D eigenvalue weighted by Crippen LogP contribution is -2.00. The number of aliphatic imine (C=N–C) groups is 1. The van der Waals surface area contributed by atoms with Gasteiger partial charge in [-0.1, -0.05) is 12.7 Å². The summed E-state index contributed by atoms with van der Waals surface area (Å²) in [5.74, 6) is 0.445. The highest BCUT2D eigenvalue weighted by molar-refractivity contribution is 7.27. The van der Waals surface area contributed by atoms with Crippen LogP contribution in [-0.4, -0.2) is 16.2 Å². The lowest BCUT2D eigenvalue weighted by Gasteiger charge is -2.01. The molecule has 1 aromatic carbocycles. The van der Waals surface area contributed by atoms with Crippen molar-refractivity contribution in [1.82, 2.24) is 9.97 Å². The summed E-state index contributed by atoms with van der Waals surface area (Å²) in [7, 11) is 2.73. The van der Waals surface area contributed by atoms with Crippen LogP contribution in [0.1, 0.15) is 5.56 Å². The lowest BCUT2D eigenvalue weighted by molar-refractivity contribution is 1.30. The molecule has 2 rings (SSSR count). The van der Waals surface area contributed by atoms with Crippen molar-refractivity contribution in [2.75, 3.05) is 5.73 Å². The van der Waals surface area contributed by atoms with Crippen molar-refractivity contribution in [3.05, 3.63) is 42.6 Å². The topological polar surface area (TPSA) is 67.1 Å². The number of benzene rings is 1. The molecule has 4 nitrogen and oxygen atoms in total. The molecule has 0 aliphatic carbocycles. The van der Waals surface area contributed by atoms with E-state index in [-0.39, 0.29) is 0 Å². The molecule has 0 fully saturated rings. The van der Waals surface area contributed by atoms with Crippen LogP contribution in [-0.2, 0) is 6.42 Å². The number of nitrogen functional groups attached to an aromatic ring is 1. The van der Waals surface area contributed by atoms with Crippen molar-refractivity contribution >= 4 is 37.7 Å². The number of nitrogens with two attached hydrogens (primary N) is 1. The highest BCUT2D eigenvalue weighted by Gasteiger charge is 2.04. The molecule has 0 aliphatic rings. The summed E-state index contributed by atoms with van der Waals surface area (Å²) in [6, 6.07) is 4.07. The molecule has 1 unspecified atom stereocenters. The summed E-state index contributed by atoms with van der Waals surface area (Å²) in [5, 5.41) is 1.14. The van der Waals surface area contributed by atoms with Gasteiger partial charge in [0.25, 0.3) is 0 Å². The van der Waals surface area contributed by atoms with E-state index in [1.165, 1.54) is 11.8 Å². The van der Waals surface area contributed by atoms with Crippen LogP contribution >= 0.6 is 9.24 Å². The Morgan fingerprint density at radius 1 is 1.50 bits per heavy atom.